The van der Waals surface area contributed by atoms with Crippen molar-refractivity contribution < 1.29 is 4.79 Å². The molecule has 4 heteroatoms. The van der Waals surface area contributed by atoms with Gasteiger partial charge in [-0.05, 0) is 62.5 Å². The van der Waals surface area contributed by atoms with Crippen molar-refractivity contribution in [2.24, 2.45) is 5.92 Å². The first-order valence-electron chi connectivity index (χ1n) is 7.46. The summed E-state index contributed by atoms with van der Waals surface area (Å²) >= 11 is 5.88. The second kappa shape index (κ2) is 7.65. The number of carbonyl (C=O) groups excluding carboxylic acids is 1. The van der Waals surface area contributed by atoms with Crippen LogP contribution in [0.4, 0.5) is 0 Å². The number of benzene rings is 1. The van der Waals surface area contributed by atoms with E-state index in [-0.39, 0.29) is 5.91 Å². The summed E-state index contributed by atoms with van der Waals surface area (Å²) in [4.78, 5) is 14.6. The van der Waals surface area contributed by atoms with Crippen LogP contribution < -0.4 is 5.32 Å². The summed E-state index contributed by atoms with van der Waals surface area (Å²) in [6.45, 7) is 5.91. The van der Waals surface area contributed by atoms with E-state index in [0.717, 1.165) is 38.2 Å². The number of halogens is 1. The summed E-state index contributed by atoms with van der Waals surface area (Å²) in [6.07, 6.45) is 3.40. The minimum atomic E-state index is 0.120. The predicted octanol–water partition coefficient (Wildman–Crippen LogP) is 3.19. The molecule has 1 aromatic rings. The summed E-state index contributed by atoms with van der Waals surface area (Å²) in [6, 6.07) is 7.18. The van der Waals surface area contributed by atoms with Gasteiger partial charge in [0.2, 0.25) is 0 Å². The number of rotatable bonds is 5. The van der Waals surface area contributed by atoms with Gasteiger partial charge in [0.15, 0.2) is 0 Å². The van der Waals surface area contributed by atoms with Gasteiger partial charge in [0.05, 0.1) is 0 Å². The van der Waals surface area contributed by atoms with Gasteiger partial charge in [-0.3, -0.25) is 4.79 Å². The van der Waals surface area contributed by atoms with Crippen LogP contribution >= 0.6 is 11.6 Å². The van der Waals surface area contributed by atoms with Crippen LogP contribution in [0.2, 0.25) is 5.02 Å². The maximum absolute atomic E-state index is 12.6. The molecule has 1 unspecified atom stereocenters. The fraction of sp³-hybridized carbons (Fsp3) is 0.562. The molecule has 1 aliphatic rings. The van der Waals surface area contributed by atoms with E-state index in [1.165, 1.54) is 12.8 Å². The van der Waals surface area contributed by atoms with Gasteiger partial charge < -0.3 is 10.2 Å². The smallest absolute Gasteiger partial charge is 0.253 e. The van der Waals surface area contributed by atoms with Crippen molar-refractivity contribution in [3.63, 3.8) is 0 Å². The largest absolute Gasteiger partial charge is 0.338 e. The van der Waals surface area contributed by atoms with Crippen LogP contribution in [-0.2, 0) is 0 Å². The molecule has 0 aromatic heterocycles. The average Bonchev–Trinajstić information content (AvgIpc) is 2.48. The molecule has 1 fully saturated rings. The van der Waals surface area contributed by atoms with E-state index in [1.807, 2.05) is 17.0 Å². The third-order valence-corrected chi connectivity index (χ3v) is 4.00. The lowest BCUT2D eigenvalue weighted by Gasteiger charge is -2.30. The van der Waals surface area contributed by atoms with E-state index in [0.29, 0.717) is 10.9 Å². The second-order valence-corrected chi connectivity index (χ2v) is 5.91. The molecule has 1 aromatic carbocycles. The summed E-state index contributed by atoms with van der Waals surface area (Å²) in [7, 11) is 0. The van der Waals surface area contributed by atoms with Gasteiger partial charge in [0.1, 0.15) is 0 Å². The minimum absolute atomic E-state index is 0.120. The maximum Gasteiger partial charge on any atom is 0.253 e. The highest BCUT2D eigenvalue weighted by molar-refractivity contribution is 6.30. The number of piperidine rings is 1. The average molecular weight is 295 g/mol. The molecule has 1 amide bonds. The first kappa shape index (κ1) is 15.3. The van der Waals surface area contributed by atoms with Crippen LogP contribution in [0.3, 0.4) is 0 Å². The van der Waals surface area contributed by atoms with E-state index >= 15 is 0 Å². The fourth-order valence-electron chi connectivity index (χ4n) is 2.71. The molecule has 0 radical (unpaired) electrons. The lowest BCUT2D eigenvalue weighted by molar-refractivity contribution is 0.0719. The Labute approximate surface area is 126 Å². The van der Waals surface area contributed by atoms with E-state index in [9.17, 15) is 4.79 Å². The Morgan fingerprint density at radius 3 is 2.75 bits per heavy atom. The van der Waals surface area contributed by atoms with Crippen molar-refractivity contribution in [1.29, 1.82) is 0 Å². The van der Waals surface area contributed by atoms with Crippen LogP contribution in [0.5, 0.6) is 0 Å². The topological polar surface area (TPSA) is 32.3 Å². The standard InChI is InChI=1S/C16H23ClN2O/c1-2-10-19(12-13-4-3-9-18-11-13)16(20)14-5-7-15(17)8-6-14/h5-8,13,18H,2-4,9-12H2,1H3. The molecule has 1 aliphatic heterocycles. The Kier molecular flexibility index (Phi) is 5.86. The predicted molar refractivity (Wildman–Crippen MR) is 83.2 cm³/mol. The van der Waals surface area contributed by atoms with E-state index in [1.54, 1.807) is 12.1 Å². The number of carbonyl (C=O) groups is 1. The molecular formula is C16H23ClN2O. The molecule has 3 nitrogen and oxygen atoms in total. The lowest BCUT2D eigenvalue weighted by Crippen LogP contribution is -2.41. The molecule has 0 bridgehead atoms. The Bertz CT molecular complexity index is 427. The molecule has 0 saturated carbocycles. The monoisotopic (exact) mass is 294 g/mol. The van der Waals surface area contributed by atoms with Crippen molar-refractivity contribution >= 4 is 17.5 Å². The molecule has 1 atom stereocenters. The Balaban J connectivity index is 2.02. The van der Waals surface area contributed by atoms with Gasteiger partial charge in [-0.25, -0.2) is 0 Å². The second-order valence-electron chi connectivity index (χ2n) is 5.47. The number of amides is 1. The highest BCUT2D eigenvalue weighted by Gasteiger charge is 2.21. The molecule has 1 N–H and O–H groups in total. The molecule has 1 heterocycles. The van der Waals surface area contributed by atoms with E-state index < -0.39 is 0 Å². The van der Waals surface area contributed by atoms with Crippen molar-refractivity contribution in [2.45, 2.75) is 26.2 Å². The summed E-state index contributed by atoms with van der Waals surface area (Å²) < 4.78 is 0. The molecule has 1 saturated heterocycles. The number of nitrogens with one attached hydrogen (secondary N) is 1. The van der Waals surface area contributed by atoms with Crippen molar-refractivity contribution in [3.05, 3.63) is 34.9 Å². The Morgan fingerprint density at radius 2 is 2.15 bits per heavy atom. The zero-order chi connectivity index (χ0) is 14.4. The fourth-order valence-corrected chi connectivity index (χ4v) is 2.84. The van der Waals surface area contributed by atoms with Gasteiger partial charge in [0.25, 0.3) is 5.91 Å². The molecule has 2 rings (SSSR count). The zero-order valence-electron chi connectivity index (χ0n) is 12.1. The molecule has 20 heavy (non-hydrogen) atoms. The normalized spacial score (nSPS) is 18.8. The minimum Gasteiger partial charge on any atom is -0.338 e. The summed E-state index contributed by atoms with van der Waals surface area (Å²) in [5.41, 5.74) is 0.728. The maximum atomic E-state index is 12.6. The summed E-state index contributed by atoms with van der Waals surface area (Å²) in [5.74, 6) is 0.695. The molecule has 110 valence electrons. The molecule has 0 aliphatic carbocycles. The van der Waals surface area contributed by atoms with Crippen molar-refractivity contribution in [2.75, 3.05) is 26.2 Å². The van der Waals surface area contributed by atoms with Crippen molar-refractivity contribution in [3.8, 4) is 0 Å². The molecule has 0 spiro atoms. The number of hydrogen-bond acceptors (Lipinski definition) is 2. The van der Waals surface area contributed by atoms with Gasteiger partial charge in [-0.1, -0.05) is 18.5 Å². The Hall–Kier alpha value is -1.06. The van der Waals surface area contributed by atoms with Crippen LogP contribution in [0.25, 0.3) is 0 Å². The van der Waals surface area contributed by atoms with E-state index in [4.69, 9.17) is 11.6 Å². The number of nitrogens with zero attached hydrogens (tertiary/aromatic N) is 1. The first-order chi connectivity index (χ1) is 9.70. The first-order valence-corrected chi connectivity index (χ1v) is 7.84. The summed E-state index contributed by atoms with van der Waals surface area (Å²) in [5, 5.41) is 4.08. The van der Waals surface area contributed by atoms with Crippen LogP contribution in [0.1, 0.15) is 36.5 Å². The van der Waals surface area contributed by atoms with Crippen molar-refractivity contribution in [1.82, 2.24) is 10.2 Å². The zero-order valence-corrected chi connectivity index (χ0v) is 12.8. The Morgan fingerprint density at radius 1 is 1.40 bits per heavy atom. The van der Waals surface area contributed by atoms with Gasteiger partial charge in [-0.15, -0.1) is 0 Å². The highest BCUT2D eigenvalue weighted by Crippen LogP contribution is 2.16. The third-order valence-electron chi connectivity index (χ3n) is 3.75. The number of hydrogen-bond donors (Lipinski definition) is 1. The van der Waals surface area contributed by atoms with Crippen LogP contribution in [0.15, 0.2) is 24.3 Å². The highest BCUT2D eigenvalue weighted by atomic mass is 35.5. The SMILES string of the molecule is CCCN(CC1CCCNC1)C(=O)c1ccc(Cl)cc1. The lowest BCUT2D eigenvalue weighted by atomic mass is 9.98. The van der Waals surface area contributed by atoms with Crippen LogP contribution in [-0.4, -0.2) is 37.0 Å². The van der Waals surface area contributed by atoms with Gasteiger partial charge in [0, 0.05) is 23.7 Å². The third kappa shape index (κ3) is 4.22. The van der Waals surface area contributed by atoms with Gasteiger partial charge >= 0.3 is 0 Å². The van der Waals surface area contributed by atoms with Crippen LogP contribution in [0, 0.1) is 5.92 Å². The molecular weight excluding hydrogens is 272 g/mol. The van der Waals surface area contributed by atoms with E-state index in [2.05, 4.69) is 12.2 Å². The quantitative estimate of drug-likeness (QED) is 0.904. The van der Waals surface area contributed by atoms with Gasteiger partial charge in [-0.2, -0.15) is 0 Å².